The summed E-state index contributed by atoms with van der Waals surface area (Å²) < 4.78 is 0. The molecular weight excluding hydrogens is 228 g/mol. The molecule has 0 radical (unpaired) electrons. The monoisotopic (exact) mass is 254 g/mol. The highest BCUT2D eigenvalue weighted by atomic mass is 16.2. The number of carbonyl (C=O) groups excluding carboxylic acids is 2. The normalized spacial score (nSPS) is 21.4. The Kier molecular flexibility index (Phi) is 4.77. The number of amides is 2. The second kappa shape index (κ2) is 5.72. The van der Waals surface area contributed by atoms with Crippen LogP contribution >= 0.6 is 0 Å². The Morgan fingerprint density at radius 2 is 1.72 bits per heavy atom. The van der Waals surface area contributed by atoms with Crippen LogP contribution in [0.4, 0.5) is 0 Å². The van der Waals surface area contributed by atoms with Gasteiger partial charge < -0.3 is 10.2 Å². The molecule has 0 aliphatic carbocycles. The van der Waals surface area contributed by atoms with Crippen molar-refractivity contribution in [2.24, 2.45) is 5.92 Å². The van der Waals surface area contributed by atoms with E-state index in [1.807, 2.05) is 18.7 Å². The molecule has 1 saturated heterocycles. The van der Waals surface area contributed by atoms with Crippen molar-refractivity contribution in [3.05, 3.63) is 0 Å². The first-order chi connectivity index (χ1) is 8.43. The van der Waals surface area contributed by atoms with Gasteiger partial charge in [0, 0.05) is 5.54 Å². The zero-order valence-electron chi connectivity index (χ0n) is 12.2. The number of rotatable bonds is 5. The predicted molar refractivity (Wildman–Crippen MR) is 72.1 cm³/mol. The highest BCUT2D eigenvalue weighted by Gasteiger charge is 2.45. The fraction of sp³-hybridized carbons (Fsp3) is 0.857. The van der Waals surface area contributed by atoms with E-state index in [2.05, 4.69) is 26.1 Å². The van der Waals surface area contributed by atoms with E-state index in [-0.39, 0.29) is 35.9 Å². The van der Waals surface area contributed by atoms with E-state index in [0.717, 1.165) is 19.3 Å². The Bertz CT molecular complexity index is 313. The summed E-state index contributed by atoms with van der Waals surface area (Å²) in [7, 11) is 0. The average Bonchev–Trinajstić information content (AvgIpc) is 2.35. The summed E-state index contributed by atoms with van der Waals surface area (Å²) in [5.74, 6) is 0.182. The molecule has 2 amide bonds. The minimum absolute atomic E-state index is 0.00988. The largest absolute Gasteiger partial charge is 0.345 e. The standard InChI is InChI=1S/C14H26N2O2/c1-6-14(7-2,8-3)16-11(17)9-15-13(18)12(16)10(4)5/h10,12H,6-9H2,1-5H3,(H,15,18). The summed E-state index contributed by atoms with van der Waals surface area (Å²) in [6.45, 7) is 10.4. The van der Waals surface area contributed by atoms with Crippen LogP contribution in [0, 0.1) is 5.92 Å². The summed E-state index contributed by atoms with van der Waals surface area (Å²) in [5, 5.41) is 2.71. The molecule has 1 N–H and O–H groups in total. The number of piperazine rings is 1. The third-order valence-electron chi connectivity index (χ3n) is 4.35. The first-order valence-electron chi connectivity index (χ1n) is 7.03. The van der Waals surface area contributed by atoms with Crippen molar-refractivity contribution in [2.75, 3.05) is 6.54 Å². The molecule has 0 aromatic carbocycles. The Hall–Kier alpha value is -1.06. The second-order valence-corrected chi connectivity index (χ2v) is 5.46. The van der Waals surface area contributed by atoms with Crippen LogP contribution in [-0.2, 0) is 9.59 Å². The molecule has 0 aromatic rings. The van der Waals surface area contributed by atoms with Crippen LogP contribution < -0.4 is 5.32 Å². The minimum Gasteiger partial charge on any atom is -0.345 e. The summed E-state index contributed by atoms with van der Waals surface area (Å²) >= 11 is 0. The fourth-order valence-electron chi connectivity index (χ4n) is 3.05. The van der Waals surface area contributed by atoms with Crippen LogP contribution in [0.2, 0.25) is 0 Å². The Balaban J connectivity index is 3.20. The van der Waals surface area contributed by atoms with Crippen LogP contribution in [0.3, 0.4) is 0 Å². The van der Waals surface area contributed by atoms with Gasteiger partial charge in [-0.2, -0.15) is 0 Å². The zero-order chi connectivity index (χ0) is 13.9. The smallest absolute Gasteiger partial charge is 0.243 e. The summed E-state index contributed by atoms with van der Waals surface area (Å²) in [6.07, 6.45) is 2.67. The molecule has 1 heterocycles. The van der Waals surface area contributed by atoms with Crippen molar-refractivity contribution >= 4 is 11.8 Å². The second-order valence-electron chi connectivity index (χ2n) is 5.46. The maximum absolute atomic E-state index is 12.3. The van der Waals surface area contributed by atoms with Gasteiger partial charge in [0.25, 0.3) is 0 Å². The van der Waals surface area contributed by atoms with Gasteiger partial charge in [0.15, 0.2) is 0 Å². The molecule has 1 fully saturated rings. The van der Waals surface area contributed by atoms with Crippen molar-refractivity contribution < 1.29 is 9.59 Å². The van der Waals surface area contributed by atoms with Crippen LogP contribution in [-0.4, -0.2) is 34.8 Å². The Morgan fingerprint density at radius 3 is 2.11 bits per heavy atom. The lowest BCUT2D eigenvalue weighted by atomic mass is 9.83. The van der Waals surface area contributed by atoms with Gasteiger partial charge in [0.05, 0.1) is 6.54 Å². The molecule has 0 bridgehead atoms. The molecule has 1 rings (SSSR count). The van der Waals surface area contributed by atoms with Crippen molar-refractivity contribution in [3.63, 3.8) is 0 Å². The third kappa shape index (κ3) is 2.38. The van der Waals surface area contributed by atoms with Crippen molar-refractivity contribution in [1.82, 2.24) is 10.2 Å². The van der Waals surface area contributed by atoms with E-state index in [1.54, 1.807) is 0 Å². The van der Waals surface area contributed by atoms with E-state index in [0.29, 0.717) is 0 Å². The van der Waals surface area contributed by atoms with Crippen molar-refractivity contribution in [2.45, 2.75) is 65.5 Å². The molecule has 104 valence electrons. The topological polar surface area (TPSA) is 49.4 Å². The van der Waals surface area contributed by atoms with Gasteiger partial charge in [0.2, 0.25) is 11.8 Å². The average molecular weight is 254 g/mol. The van der Waals surface area contributed by atoms with Gasteiger partial charge in [0.1, 0.15) is 6.04 Å². The Labute approximate surface area is 110 Å². The van der Waals surface area contributed by atoms with Crippen LogP contribution in [0.5, 0.6) is 0 Å². The van der Waals surface area contributed by atoms with Gasteiger partial charge in [-0.05, 0) is 25.2 Å². The third-order valence-corrected chi connectivity index (χ3v) is 4.35. The summed E-state index contributed by atoms with van der Waals surface area (Å²) in [6, 6.07) is -0.328. The summed E-state index contributed by atoms with van der Waals surface area (Å²) in [5.41, 5.74) is -0.177. The fourth-order valence-corrected chi connectivity index (χ4v) is 3.05. The number of hydrogen-bond donors (Lipinski definition) is 1. The van der Waals surface area contributed by atoms with E-state index in [9.17, 15) is 9.59 Å². The number of nitrogens with one attached hydrogen (secondary N) is 1. The number of hydrogen-bond acceptors (Lipinski definition) is 2. The molecule has 4 heteroatoms. The highest BCUT2D eigenvalue weighted by molar-refractivity contribution is 5.95. The maximum Gasteiger partial charge on any atom is 0.243 e. The first-order valence-corrected chi connectivity index (χ1v) is 7.03. The molecule has 0 saturated carbocycles. The van der Waals surface area contributed by atoms with Gasteiger partial charge in [-0.3, -0.25) is 9.59 Å². The predicted octanol–water partition coefficient (Wildman–Crippen LogP) is 1.94. The van der Waals surface area contributed by atoms with Gasteiger partial charge in [-0.25, -0.2) is 0 Å². The molecule has 1 aliphatic rings. The molecule has 0 aromatic heterocycles. The molecular formula is C14H26N2O2. The van der Waals surface area contributed by atoms with Crippen LogP contribution in [0.1, 0.15) is 53.9 Å². The molecule has 1 aliphatic heterocycles. The molecule has 18 heavy (non-hydrogen) atoms. The van der Waals surface area contributed by atoms with Crippen LogP contribution in [0.25, 0.3) is 0 Å². The maximum atomic E-state index is 12.3. The summed E-state index contributed by atoms with van der Waals surface area (Å²) in [4.78, 5) is 26.2. The van der Waals surface area contributed by atoms with Crippen LogP contribution in [0.15, 0.2) is 0 Å². The molecule has 1 unspecified atom stereocenters. The van der Waals surface area contributed by atoms with Crippen molar-refractivity contribution in [1.29, 1.82) is 0 Å². The number of carbonyl (C=O) groups is 2. The minimum atomic E-state index is -0.328. The van der Waals surface area contributed by atoms with Gasteiger partial charge in [-0.1, -0.05) is 34.6 Å². The first kappa shape index (κ1) is 15.0. The lowest BCUT2D eigenvalue weighted by molar-refractivity contribution is -0.156. The zero-order valence-corrected chi connectivity index (χ0v) is 12.2. The van der Waals surface area contributed by atoms with Gasteiger partial charge >= 0.3 is 0 Å². The number of nitrogens with zero attached hydrogens (tertiary/aromatic N) is 1. The molecule has 4 nitrogen and oxygen atoms in total. The quantitative estimate of drug-likeness (QED) is 0.815. The van der Waals surface area contributed by atoms with Gasteiger partial charge in [-0.15, -0.1) is 0 Å². The lowest BCUT2D eigenvalue weighted by Crippen LogP contribution is -2.67. The highest BCUT2D eigenvalue weighted by Crippen LogP contribution is 2.33. The van der Waals surface area contributed by atoms with E-state index in [4.69, 9.17) is 0 Å². The SMILES string of the molecule is CCC(CC)(CC)N1C(=O)CNC(=O)C1C(C)C. The Morgan fingerprint density at radius 1 is 1.22 bits per heavy atom. The van der Waals surface area contributed by atoms with E-state index in [1.165, 1.54) is 0 Å². The van der Waals surface area contributed by atoms with E-state index < -0.39 is 0 Å². The molecule has 0 spiro atoms. The van der Waals surface area contributed by atoms with Crippen molar-refractivity contribution in [3.8, 4) is 0 Å². The molecule has 1 atom stereocenters. The van der Waals surface area contributed by atoms with E-state index >= 15 is 0 Å². The lowest BCUT2D eigenvalue weighted by Gasteiger charge is -2.49.